The molecule has 0 bridgehead atoms. The van der Waals surface area contributed by atoms with Crippen LogP contribution in [0.4, 0.5) is 0 Å². The molecule has 96 valence electrons. The van der Waals surface area contributed by atoms with Crippen molar-refractivity contribution in [2.45, 2.75) is 13.3 Å². The van der Waals surface area contributed by atoms with Gasteiger partial charge in [-0.05, 0) is 23.1 Å². The molecule has 0 aliphatic rings. The smallest absolute Gasteiger partial charge is 0.261 e. The van der Waals surface area contributed by atoms with Crippen LogP contribution in [0.2, 0.25) is 0 Å². The van der Waals surface area contributed by atoms with Gasteiger partial charge in [0.05, 0.1) is 12.0 Å². The van der Waals surface area contributed by atoms with Crippen molar-refractivity contribution in [3.8, 4) is 0 Å². The van der Waals surface area contributed by atoms with Crippen LogP contribution < -0.4 is 5.56 Å². The Bertz CT molecular complexity index is 730. The maximum atomic E-state index is 12.1. The second-order valence-electron chi connectivity index (χ2n) is 4.25. The zero-order valence-electron chi connectivity index (χ0n) is 10.3. The first kappa shape index (κ1) is 12.1. The Kier molecular flexibility index (Phi) is 3.44. The molecule has 0 radical (unpaired) electrons. The minimum Gasteiger partial charge on any atom is -0.356 e. The van der Waals surface area contributed by atoms with Crippen molar-refractivity contribution in [2.24, 2.45) is 0 Å². The Morgan fingerprint density at radius 3 is 2.79 bits per heavy atom. The molecule has 2 aromatic heterocycles. The van der Waals surface area contributed by atoms with E-state index in [1.165, 1.54) is 0 Å². The Hall–Kier alpha value is -1.91. The summed E-state index contributed by atoms with van der Waals surface area (Å²) < 4.78 is 8.19. The molecule has 0 aliphatic heterocycles. The molecule has 3 rings (SSSR count). The summed E-state index contributed by atoms with van der Waals surface area (Å²) in [6.45, 7) is 0.786. The summed E-state index contributed by atoms with van der Waals surface area (Å²) in [4.78, 5) is 12.1. The number of nitrogens with zero attached hydrogens (tertiary/aromatic N) is 1. The van der Waals surface area contributed by atoms with Crippen LogP contribution in [0.25, 0.3) is 10.1 Å². The second-order valence-corrected chi connectivity index (χ2v) is 5.20. The Balaban J connectivity index is 1.72. The average Bonchev–Trinajstić information content (AvgIpc) is 2.92. The molecule has 2 heterocycles. The van der Waals surface area contributed by atoms with Crippen LogP contribution in [0.5, 0.6) is 0 Å². The van der Waals surface area contributed by atoms with Gasteiger partial charge >= 0.3 is 0 Å². The van der Waals surface area contributed by atoms with E-state index in [0.717, 1.165) is 15.6 Å². The number of fused-ring (bicyclic) bond motifs is 1. The predicted octanol–water partition coefficient (Wildman–Crippen LogP) is 3.24. The van der Waals surface area contributed by atoms with E-state index in [2.05, 4.69) is 0 Å². The first-order valence-electron chi connectivity index (χ1n) is 6.03. The predicted molar refractivity (Wildman–Crippen MR) is 77.3 cm³/mol. The lowest BCUT2D eigenvalue weighted by Crippen LogP contribution is -2.20. The number of pyridine rings is 1. The average molecular weight is 271 g/mol. The first-order chi connectivity index (χ1) is 9.34. The largest absolute Gasteiger partial charge is 0.356 e. The summed E-state index contributed by atoms with van der Waals surface area (Å²) in [5.74, 6) is 0. The van der Waals surface area contributed by atoms with Gasteiger partial charge in [0.1, 0.15) is 6.73 Å². The van der Waals surface area contributed by atoms with E-state index in [-0.39, 0.29) is 12.3 Å². The molecule has 0 unspecified atom stereocenters. The third-order valence-electron chi connectivity index (χ3n) is 2.93. The highest BCUT2D eigenvalue weighted by atomic mass is 32.1. The summed E-state index contributed by atoms with van der Waals surface area (Å²) in [6, 6.07) is 13.7. The van der Waals surface area contributed by atoms with Gasteiger partial charge < -0.3 is 4.74 Å². The van der Waals surface area contributed by atoms with Crippen LogP contribution in [-0.4, -0.2) is 4.57 Å². The van der Waals surface area contributed by atoms with Crippen LogP contribution in [0.1, 0.15) is 5.56 Å². The lowest BCUT2D eigenvalue weighted by molar-refractivity contribution is 0.0621. The van der Waals surface area contributed by atoms with Gasteiger partial charge in [0.25, 0.3) is 5.56 Å². The molecule has 0 atom stereocenters. The number of benzene rings is 1. The molecule has 0 fully saturated rings. The second kappa shape index (κ2) is 5.38. The summed E-state index contributed by atoms with van der Waals surface area (Å²) in [5.41, 5.74) is 1.11. The standard InChI is InChI=1S/C15H13NO2S/c17-15-13-7-9-19-14(13)6-8-16(15)11-18-10-12-4-2-1-3-5-12/h1-9H,10-11H2. The molecular formula is C15H13NO2S. The number of ether oxygens (including phenoxy) is 1. The molecule has 0 N–H and O–H groups in total. The number of aromatic nitrogens is 1. The van der Waals surface area contributed by atoms with E-state index in [1.807, 2.05) is 47.8 Å². The fourth-order valence-electron chi connectivity index (χ4n) is 1.94. The molecule has 0 aliphatic carbocycles. The summed E-state index contributed by atoms with van der Waals surface area (Å²) in [5, 5.41) is 2.69. The lowest BCUT2D eigenvalue weighted by atomic mass is 10.2. The summed E-state index contributed by atoms with van der Waals surface area (Å²) in [6.07, 6.45) is 1.78. The van der Waals surface area contributed by atoms with Gasteiger partial charge in [0.15, 0.2) is 0 Å². The van der Waals surface area contributed by atoms with Crippen molar-refractivity contribution in [3.05, 3.63) is 70.0 Å². The van der Waals surface area contributed by atoms with Crippen molar-refractivity contribution in [3.63, 3.8) is 0 Å². The third kappa shape index (κ3) is 2.59. The van der Waals surface area contributed by atoms with E-state index in [0.29, 0.717) is 6.61 Å². The number of hydrogen-bond donors (Lipinski definition) is 0. The zero-order chi connectivity index (χ0) is 13.1. The Morgan fingerprint density at radius 1 is 1.11 bits per heavy atom. The molecule has 1 aromatic carbocycles. The van der Waals surface area contributed by atoms with E-state index in [1.54, 1.807) is 22.1 Å². The van der Waals surface area contributed by atoms with Crippen molar-refractivity contribution in [1.82, 2.24) is 4.57 Å². The van der Waals surface area contributed by atoms with Gasteiger partial charge in [-0.3, -0.25) is 9.36 Å². The Labute approximate surface area is 114 Å². The number of rotatable bonds is 4. The van der Waals surface area contributed by atoms with Crippen LogP contribution in [0.3, 0.4) is 0 Å². The Morgan fingerprint density at radius 2 is 1.95 bits per heavy atom. The minimum absolute atomic E-state index is 0.00631. The monoisotopic (exact) mass is 271 g/mol. The van der Waals surface area contributed by atoms with Crippen molar-refractivity contribution in [2.75, 3.05) is 0 Å². The molecule has 3 aromatic rings. The van der Waals surface area contributed by atoms with E-state index < -0.39 is 0 Å². The quantitative estimate of drug-likeness (QED) is 0.729. The molecule has 0 saturated carbocycles. The van der Waals surface area contributed by atoms with E-state index >= 15 is 0 Å². The highest BCUT2D eigenvalue weighted by Crippen LogP contribution is 2.16. The van der Waals surface area contributed by atoms with Crippen molar-refractivity contribution >= 4 is 21.4 Å². The van der Waals surface area contributed by atoms with Crippen molar-refractivity contribution in [1.29, 1.82) is 0 Å². The molecule has 3 nitrogen and oxygen atoms in total. The first-order valence-corrected chi connectivity index (χ1v) is 6.91. The van der Waals surface area contributed by atoms with Gasteiger partial charge in [-0.1, -0.05) is 30.3 Å². The highest BCUT2D eigenvalue weighted by molar-refractivity contribution is 7.17. The van der Waals surface area contributed by atoms with Crippen molar-refractivity contribution < 1.29 is 4.74 Å². The SMILES string of the molecule is O=c1c2ccsc2ccn1COCc1ccccc1. The maximum absolute atomic E-state index is 12.1. The normalized spacial score (nSPS) is 10.9. The lowest BCUT2D eigenvalue weighted by Gasteiger charge is -2.07. The summed E-state index contributed by atoms with van der Waals surface area (Å²) in [7, 11) is 0. The third-order valence-corrected chi connectivity index (χ3v) is 3.82. The molecular weight excluding hydrogens is 258 g/mol. The van der Waals surface area contributed by atoms with Crippen LogP contribution in [0, 0.1) is 0 Å². The molecule has 4 heteroatoms. The van der Waals surface area contributed by atoms with Crippen LogP contribution in [-0.2, 0) is 18.1 Å². The molecule has 0 saturated heterocycles. The fourth-order valence-corrected chi connectivity index (χ4v) is 2.72. The molecule has 0 amide bonds. The molecule has 19 heavy (non-hydrogen) atoms. The summed E-state index contributed by atoms with van der Waals surface area (Å²) >= 11 is 1.58. The maximum Gasteiger partial charge on any atom is 0.261 e. The van der Waals surface area contributed by atoms with Gasteiger partial charge in [-0.15, -0.1) is 11.3 Å². The fraction of sp³-hybridized carbons (Fsp3) is 0.133. The van der Waals surface area contributed by atoms with Crippen LogP contribution >= 0.6 is 11.3 Å². The number of hydrogen-bond acceptors (Lipinski definition) is 3. The van der Waals surface area contributed by atoms with E-state index in [4.69, 9.17) is 4.74 Å². The van der Waals surface area contributed by atoms with Gasteiger partial charge in [-0.2, -0.15) is 0 Å². The highest BCUT2D eigenvalue weighted by Gasteiger charge is 2.03. The van der Waals surface area contributed by atoms with E-state index in [9.17, 15) is 4.79 Å². The topological polar surface area (TPSA) is 31.2 Å². The van der Waals surface area contributed by atoms with Crippen LogP contribution in [0.15, 0.2) is 58.8 Å². The van der Waals surface area contributed by atoms with Gasteiger partial charge in [0, 0.05) is 10.9 Å². The molecule has 0 spiro atoms. The number of thiophene rings is 1. The van der Waals surface area contributed by atoms with Gasteiger partial charge in [0.2, 0.25) is 0 Å². The van der Waals surface area contributed by atoms with Gasteiger partial charge in [-0.25, -0.2) is 0 Å². The zero-order valence-corrected chi connectivity index (χ0v) is 11.1. The minimum atomic E-state index is 0.00631.